The second-order valence-electron chi connectivity index (χ2n) is 4.11. The van der Waals surface area contributed by atoms with Gasteiger partial charge in [-0.2, -0.15) is 0 Å². The van der Waals surface area contributed by atoms with E-state index in [1.165, 1.54) is 0 Å². The van der Waals surface area contributed by atoms with Crippen molar-refractivity contribution in [3.05, 3.63) is 18.2 Å². The van der Waals surface area contributed by atoms with E-state index in [1.54, 1.807) is 32.4 Å². The van der Waals surface area contributed by atoms with E-state index in [0.29, 0.717) is 23.6 Å². The van der Waals surface area contributed by atoms with Crippen molar-refractivity contribution in [2.45, 2.75) is 19.8 Å². The molecule has 0 aliphatic carbocycles. The van der Waals surface area contributed by atoms with Gasteiger partial charge in [0.2, 0.25) is 5.91 Å². The first-order chi connectivity index (χ1) is 9.19. The lowest BCUT2D eigenvalue weighted by molar-refractivity contribution is -0.116. The average Bonchev–Trinajstić information content (AvgIpc) is 2.43. The van der Waals surface area contributed by atoms with Gasteiger partial charge in [-0.25, -0.2) is 0 Å². The summed E-state index contributed by atoms with van der Waals surface area (Å²) >= 11 is 0. The summed E-state index contributed by atoms with van der Waals surface area (Å²) in [5.41, 5.74) is 0.685. The molecule has 0 fully saturated rings. The number of anilines is 1. The summed E-state index contributed by atoms with van der Waals surface area (Å²) in [5.74, 6) is 1.30. The Morgan fingerprint density at radius 2 is 1.79 bits per heavy atom. The van der Waals surface area contributed by atoms with Crippen LogP contribution in [0.25, 0.3) is 0 Å². The second-order valence-corrected chi connectivity index (χ2v) is 4.11. The van der Waals surface area contributed by atoms with Crippen LogP contribution >= 0.6 is 0 Å². The molecule has 2 N–H and O–H groups in total. The van der Waals surface area contributed by atoms with Gasteiger partial charge in [-0.05, 0) is 19.5 Å². The van der Waals surface area contributed by atoms with Gasteiger partial charge in [-0.1, -0.05) is 6.92 Å². The van der Waals surface area contributed by atoms with Crippen molar-refractivity contribution in [1.29, 1.82) is 0 Å². The van der Waals surface area contributed by atoms with Crippen LogP contribution in [0, 0.1) is 0 Å². The molecule has 0 heterocycles. The standard InChI is InChI=1S/C14H22N2O3/c1-4-15-7-5-6-14(17)16-11-8-12(18-2)10-13(9-11)19-3/h8-10,15H,4-7H2,1-3H3,(H,16,17). The highest BCUT2D eigenvalue weighted by molar-refractivity contribution is 5.91. The largest absolute Gasteiger partial charge is 0.497 e. The number of hydrogen-bond donors (Lipinski definition) is 2. The van der Waals surface area contributed by atoms with Crippen molar-refractivity contribution in [3.63, 3.8) is 0 Å². The molecule has 1 rings (SSSR count). The molecule has 0 unspecified atom stereocenters. The molecule has 0 radical (unpaired) electrons. The summed E-state index contributed by atoms with van der Waals surface area (Å²) in [6, 6.07) is 5.30. The molecule has 0 spiro atoms. The molecular weight excluding hydrogens is 244 g/mol. The van der Waals surface area contributed by atoms with Crippen LogP contribution in [0.4, 0.5) is 5.69 Å². The number of hydrogen-bond acceptors (Lipinski definition) is 4. The number of amides is 1. The number of ether oxygens (including phenoxy) is 2. The highest BCUT2D eigenvalue weighted by atomic mass is 16.5. The summed E-state index contributed by atoms with van der Waals surface area (Å²) in [4.78, 5) is 11.8. The molecule has 0 aliphatic heterocycles. The third kappa shape index (κ3) is 5.61. The van der Waals surface area contributed by atoms with Gasteiger partial charge in [0.25, 0.3) is 0 Å². The summed E-state index contributed by atoms with van der Waals surface area (Å²) in [6.07, 6.45) is 1.31. The molecule has 0 aliphatic rings. The summed E-state index contributed by atoms with van der Waals surface area (Å²) in [5, 5.41) is 6.03. The predicted molar refractivity (Wildman–Crippen MR) is 76.0 cm³/mol. The smallest absolute Gasteiger partial charge is 0.224 e. The molecule has 1 amide bonds. The van der Waals surface area contributed by atoms with Gasteiger partial charge in [-0.3, -0.25) is 4.79 Å². The van der Waals surface area contributed by atoms with E-state index >= 15 is 0 Å². The SMILES string of the molecule is CCNCCCC(=O)Nc1cc(OC)cc(OC)c1. The van der Waals surface area contributed by atoms with Crippen LogP contribution in [0.15, 0.2) is 18.2 Å². The van der Waals surface area contributed by atoms with Gasteiger partial charge in [0.1, 0.15) is 11.5 Å². The maximum atomic E-state index is 11.8. The predicted octanol–water partition coefficient (Wildman–Crippen LogP) is 2.03. The molecular formula is C14H22N2O3. The minimum absolute atomic E-state index is 0.00629. The lowest BCUT2D eigenvalue weighted by atomic mass is 10.2. The minimum atomic E-state index is -0.00629. The van der Waals surface area contributed by atoms with E-state index in [1.807, 2.05) is 6.92 Å². The van der Waals surface area contributed by atoms with E-state index in [-0.39, 0.29) is 5.91 Å². The van der Waals surface area contributed by atoms with Gasteiger partial charge in [-0.15, -0.1) is 0 Å². The molecule has 0 aromatic heterocycles. The van der Waals surface area contributed by atoms with Gasteiger partial charge < -0.3 is 20.1 Å². The Morgan fingerprint density at radius 3 is 2.32 bits per heavy atom. The van der Waals surface area contributed by atoms with E-state index < -0.39 is 0 Å². The molecule has 0 saturated heterocycles. The maximum absolute atomic E-state index is 11.8. The third-order valence-corrected chi connectivity index (χ3v) is 2.64. The Balaban J connectivity index is 2.53. The monoisotopic (exact) mass is 266 g/mol. The number of rotatable bonds is 8. The fourth-order valence-electron chi connectivity index (χ4n) is 1.65. The third-order valence-electron chi connectivity index (χ3n) is 2.64. The molecule has 1 aromatic rings. The molecule has 19 heavy (non-hydrogen) atoms. The van der Waals surface area contributed by atoms with Crippen molar-refractivity contribution >= 4 is 11.6 Å². The molecule has 1 aromatic carbocycles. The zero-order valence-corrected chi connectivity index (χ0v) is 11.8. The van der Waals surface area contributed by atoms with Crippen LogP contribution in [0.5, 0.6) is 11.5 Å². The molecule has 0 bridgehead atoms. The van der Waals surface area contributed by atoms with Gasteiger partial charge in [0, 0.05) is 30.3 Å². The Hall–Kier alpha value is -1.75. The van der Waals surface area contributed by atoms with E-state index in [9.17, 15) is 4.79 Å². The Kier molecular flexibility index (Phi) is 6.74. The zero-order valence-electron chi connectivity index (χ0n) is 11.8. The highest BCUT2D eigenvalue weighted by Gasteiger charge is 2.05. The van der Waals surface area contributed by atoms with Crippen LogP contribution in [0.2, 0.25) is 0 Å². The quantitative estimate of drug-likeness (QED) is 0.707. The fraction of sp³-hybridized carbons (Fsp3) is 0.500. The highest BCUT2D eigenvalue weighted by Crippen LogP contribution is 2.25. The first-order valence-corrected chi connectivity index (χ1v) is 6.43. The minimum Gasteiger partial charge on any atom is -0.497 e. The Bertz CT molecular complexity index is 385. The van der Waals surface area contributed by atoms with Gasteiger partial charge in [0.15, 0.2) is 0 Å². The van der Waals surface area contributed by atoms with Crippen molar-refractivity contribution in [3.8, 4) is 11.5 Å². The Labute approximate surface area is 114 Å². The summed E-state index contributed by atoms with van der Waals surface area (Å²) in [6.45, 7) is 3.82. The maximum Gasteiger partial charge on any atom is 0.224 e. The number of carbonyl (C=O) groups is 1. The number of methoxy groups -OCH3 is 2. The number of benzene rings is 1. The fourth-order valence-corrected chi connectivity index (χ4v) is 1.65. The van der Waals surface area contributed by atoms with Crippen LogP contribution in [-0.2, 0) is 4.79 Å². The van der Waals surface area contributed by atoms with E-state index in [2.05, 4.69) is 10.6 Å². The van der Waals surface area contributed by atoms with Crippen LogP contribution in [0.3, 0.4) is 0 Å². The van der Waals surface area contributed by atoms with E-state index in [4.69, 9.17) is 9.47 Å². The number of carbonyl (C=O) groups excluding carboxylic acids is 1. The van der Waals surface area contributed by atoms with E-state index in [0.717, 1.165) is 19.5 Å². The van der Waals surface area contributed by atoms with Crippen LogP contribution < -0.4 is 20.1 Å². The lowest BCUT2D eigenvalue weighted by Gasteiger charge is -2.10. The summed E-state index contributed by atoms with van der Waals surface area (Å²) in [7, 11) is 3.16. The second kappa shape index (κ2) is 8.37. The Morgan fingerprint density at radius 1 is 1.16 bits per heavy atom. The van der Waals surface area contributed by atoms with Crippen molar-refractivity contribution in [1.82, 2.24) is 5.32 Å². The average molecular weight is 266 g/mol. The topological polar surface area (TPSA) is 59.6 Å². The molecule has 0 saturated carbocycles. The lowest BCUT2D eigenvalue weighted by Crippen LogP contribution is -2.17. The molecule has 106 valence electrons. The molecule has 5 heteroatoms. The van der Waals surface area contributed by atoms with Crippen LogP contribution in [-0.4, -0.2) is 33.2 Å². The summed E-state index contributed by atoms with van der Waals surface area (Å²) < 4.78 is 10.3. The van der Waals surface area contributed by atoms with Crippen molar-refractivity contribution in [2.24, 2.45) is 0 Å². The van der Waals surface area contributed by atoms with Crippen LogP contribution in [0.1, 0.15) is 19.8 Å². The normalized spacial score (nSPS) is 10.1. The zero-order chi connectivity index (χ0) is 14.1. The van der Waals surface area contributed by atoms with Crippen molar-refractivity contribution < 1.29 is 14.3 Å². The molecule has 5 nitrogen and oxygen atoms in total. The number of nitrogens with one attached hydrogen (secondary N) is 2. The van der Waals surface area contributed by atoms with Gasteiger partial charge >= 0.3 is 0 Å². The first kappa shape index (κ1) is 15.3. The van der Waals surface area contributed by atoms with Crippen molar-refractivity contribution in [2.75, 3.05) is 32.6 Å². The van der Waals surface area contributed by atoms with Gasteiger partial charge in [0.05, 0.1) is 14.2 Å². The molecule has 0 atom stereocenters. The first-order valence-electron chi connectivity index (χ1n) is 6.43.